The highest BCUT2D eigenvalue weighted by atomic mass is 16.1. The molecule has 2 aromatic carbocycles. The second kappa shape index (κ2) is 7.09. The van der Waals surface area contributed by atoms with E-state index in [2.05, 4.69) is 16.4 Å². The smallest absolute Gasteiger partial charge is 0.255 e. The van der Waals surface area contributed by atoms with Gasteiger partial charge in [0.25, 0.3) is 5.91 Å². The van der Waals surface area contributed by atoms with Gasteiger partial charge in [-0.15, -0.1) is 0 Å². The van der Waals surface area contributed by atoms with Crippen molar-refractivity contribution in [2.75, 3.05) is 5.32 Å². The van der Waals surface area contributed by atoms with Gasteiger partial charge in [-0.1, -0.05) is 29.3 Å². The fraction of sp³-hybridized carbons (Fsp3) is 0.143. The molecule has 0 saturated heterocycles. The van der Waals surface area contributed by atoms with E-state index in [1.165, 1.54) is 11.1 Å². The van der Waals surface area contributed by atoms with Crippen LogP contribution in [0.5, 0.6) is 0 Å². The van der Waals surface area contributed by atoms with Crippen LogP contribution in [0.15, 0.2) is 67.0 Å². The molecule has 0 atom stereocenters. The molecule has 3 heteroatoms. The molecule has 0 aliphatic carbocycles. The minimum atomic E-state index is -0.0799. The zero-order chi connectivity index (χ0) is 16.9. The molecule has 0 fully saturated rings. The Balaban J connectivity index is 1.68. The van der Waals surface area contributed by atoms with Gasteiger partial charge >= 0.3 is 0 Å². The van der Waals surface area contributed by atoms with Gasteiger partial charge in [-0.25, -0.2) is 0 Å². The van der Waals surface area contributed by atoms with Gasteiger partial charge in [-0.3, -0.25) is 9.78 Å². The van der Waals surface area contributed by atoms with Crippen LogP contribution in [-0.4, -0.2) is 10.9 Å². The number of carbonyl (C=O) groups is 1. The Kier molecular flexibility index (Phi) is 4.71. The molecule has 3 rings (SSSR count). The molecule has 0 aliphatic heterocycles. The first-order chi connectivity index (χ1) is 11.6. The summed E-state index contributed by atoms with van der Waals surface area (Å²) in [5.74, 6) is -0.0799. The van der Waals surface area contributed by atoms with E-state index in [9.17, 15) is 4.79 Å². The highest BCUT2D eigenvalue weighted by Gasteiger charge is 2.07. The third kappa shape index (κ3) is 4.07. The van der Waals surface area contributed by atoms with Crippen molar-refractivity contribution in [3.8, 4) is 0 Å². The van der Waals surface area contributed by atoms with Crippen molar-refractivity contribution in [1.82, 2.24) is 4.98 Å². The molecule has 24 heavy (non-hydrogen) atoms. The van der Waals surface area contributed by atoms with Gasteiger partial charge in [-0.05, 0) is 67.8 Å². The number of amides is 1. The molecule has 1 heterocycles. The monoisotopic (exact) mass is 316 g/mol. The minimum Gasteiger partial charge on any atom is -0.322 e. The summed E-state index contributed by atoms with van der Waals surface area (Å²) in [6.45, 7) is 4.00. The van der Waals surface area contributed by atoms with Gasteiger partial charge in [0.1, 0.15) is 0 Å². The zero-order valence-corrected chi connectivity index (χ0v) is 13.9. The summed E-state index contributed by atoms with van der Waals surface area (Å²) >= 11 is 0. The lowest BCUT2D eigenvalue weighted by Gasteiger charge is -2.08. The summed E-state index contributed by atoms with van der Waals surface area (Å²) in [6.07, 6.45) is 4.45. The van der Waals surface area contributed by atoms with Crippen molar-refractivity contribution < 1.29 is 4.79 Å². The van der Waals surface area contributed by atoms with Crippen LogP contribution in [-0.2, 0) is 6.42 Å². The van der Waals surface area contributed by atoms with Crippen molar-refractivity contribution in [1.29, 1.82) is 0 Å². The second-order valence-corrected chi connectivity index (χ2v) is 6.06. The third-order valence-electron chi connectivity index (χ3n) is 3.85. The SMILES string of the molecule is Cc1cc(C)cc(C(=O)Nc2ccc(Cc3ccncc3)cc2)c1. The molecule has 0 bridgehead atoms. The van der Waals surface area contributed by atoms with Crippen molar-refractivity contribution in [3.63, 3.8) is 0 Å². The van der Waals surface area contributed by atoms with Crippen LogP contribution in [0.2, 0.25) is 0 Å². The average molecular weight is 316 g/mol. The van der Waals surface area contributed by atoms with Gasteiger partial charge < -0.3 is 5.32 Å². The zero-order valence-electron chi connectivity index (χ0n) is 13.9. The van der Waals surface area contributed by atoms with Crippen LogP contribution in [0.1, 0.15) is 32.6 Å². The number of aryl methyl sites for hydroxylation is 2. The predicted molar refractivity (Wildman–Crippen MR) is 97.4 cm³/mol. The van der Waals surface area contributed by atoms with Gasteiger partial charge in [0.05, 0.1) is 0 Å². The predicted octanol–water partition coefficient (Wildman–Crippen LogP) is 4.54. The molecule has 1 aromatic heterocycles. The van der Waals surface area contributed by atoms with Gasteiger partial charge in [0.2, 0.25) is 0 Å². The van der Waals surface area contributed by atoms with Crippen molar-refractivity contribution in [2.45, 2.75) is 20.3 Å². The lowest BCUT2D eigenvalue weighted by Crippen LogP contribution is -2.12. The highest BCUT2D eigenvalue weighted by molar-refractivity contribution is 6.04. The number of rotatable bonds is 4. The topological polar surface area (TPSA) is 42.0 Å². The molecule has 0 unspecified atom stereocenters. The van der Waals surface area contributed by atoms with Crippen molar-refractivity contribution in [3.05, 3.63) is 94.8 Å². The van der Waals surface area contributed by atoms with E-state index in [1.54, 1.807) is 12.4 Å². The normalized spacial score (nSPS) is 10.4. The molecular weight excluding hydrogens is 296 g/mol. The Labute approximate surface area is 142 Å². The van der Waals surface area contributed by atoms with E-state index in [0.717, 1.165) is 23.2 Å². The number of nitrogens with zero attached hydrogens (tertiary/aromatic N) is 1. The highest BCUT2D eigenvalue weighted by Crippen LogP contribution is 2.15. The Bertz CT molecular complexity index is 819. The van der Waals surface area contributed by atoms with E-state index >= 15 is 0 Å². The molecule has 0 spiro atoms. The number of hydrogen-bond acceptors (Lipinski definition) is 2. The average Bonchev–Trinajstić information content (AvgIpc) is 2.57. The number of carbonyl (C=O) groups excluding carboxylic acids is 1. The fourth-order valence-electron chi connectivity index (χ4n) is 2.75. The quantitative estimate of drug-likeness (QED) is 0.767. The summed E-state index contributed by atoms with van der Waals surface area (Å²) in [5, 5.41) is 2.95. The van der Waals surface area contributed by atoms with Crippen LogP contribution in [0.4, 0.5) is 5.69 Å². The lowest BCUT2D eigenvalue weighted by atomic mass is 10.1. The first kappa shape index (κ1) is 15.9. The molecular formula is C21H20N2O. The second-order valence-electron chi connectivity index (χ2n) is 6.06. The molecule has 1 amide bonds. The largest absolute Gasteiger partial charge is 0.322 e. The van der Waals surface area contributed by atoms with Gasteiger partial charge in [-0.2, -0.15) is 0 Å². The Morgan fingerprint density at radius 3 is 2.08 bits per heavy atom. The maximum Gasteiger partial charge on any atom is 0.255 e. The molecule has 1 N–H and O–H groups in total. The molecule has 0 saturated carbocycles. The number of nitrogens with one attached hydrogen (secondary N) is 1. The van der Waals surface area contributed by atoms with Crippen LogP contribution in [0.25, 0.3) is 0 Å². The van der Waals surface area contributed by atoms with E-state index in [1.807, 2.05) is 62.4 Å². The first-order valence-corrected chi connectivity index (χ1v) is 7.98. The maximum absolute atomic E-state index is 12.4. The summed E-state index contributed by atoms with van der Waals surface area (Å²) in [4.78, 5) is 16.4. The van der Waals surface area contributed by atoms with Crippen LogP contribution in [0, 0.1) is 13.8 Å². The number of anilines is 1. The molecule has 120 valence electrons. The number of hydrogen-bond donors (Lipinski definition) is 1. The van der Waals surface area contributed by atoms with Crippen molar-refractivity contribution in [2.24, 2.45) is 0 Å². The Hall–Kier alpha value is -2.94. The molecule has 3 nitrogen and oxygen atoms in total. The number of benzene rings is 2. The van der Waals surface area contributed by atoms with E-state index in [4.69, 9.17) is 0 Å². The molecule has 0 radical (unpaired) electrons. The third-order valence-corrected chi connectivity index (χ3v) is 3.85. The van der Waals surface area contributed by atoms with Crippen LogP contribution < -0.4 is 5.32 Å². The Morgan fingerprint density at radius 2 is 1.46 bits per heavy atom. The van der Waals surface area contributed by atoms with E-state index in [0.29, 0.717) is 5.56 Å². The van der Waals surface area contributed by atoms with Gasteiger partial charge in [0.15, 0.2) is 0 Å². The standard InChI is InChI=1S/C21H20N2O/c1-15-11-16(2)13-19(12-15)21(24)23-20-5-3-17(4-6-20)14-18-7-9-22-10-8-18/h3-13H,14H2,1-2H3,(H,23,24). The fourth-order valence-corrected chi connectivity index (χ4v) is 2.75. The van der Waals surface area contributed by atoms with Crippen molar-refractivity contribution >= 4 is 11.6 Å². The van der Waals surface area contributed by atoms with Crippen LogP contribution >= 0.6 is 0 Å². The van der Waals surface area contributed by atoms with Crippen LogP contribution in [0.3, 0.4) is 0 Å². The van der Waals surface area contributed by atoms with E-state index in [-0.39, 0.29) is 5.91 Å². The first-order valence-electron chi connectivity index (χ1n) is 7.98. The summed E-state index contributed by atoms with van der Waals surface area (Å²) in [6, 6.07) is 17.8. The minimum absolute atomic E-state index is 0.0799. The summed E-state index contributed by atoms with van der Waals surface area (Å²) in [5.41, 5.74) is 6.09. The maximum atomic E-state index is 12.4. The summed E-state index contributed by atoms with van der Waals surface area (Å²) in [7, 11) is 0. The lowest BCUT2D eigenvalue weighted by molar-refractivity contribution is 0.102. The number of pyridine rings is 1. The summed E-state index contributed by atoms with van der Waals surface area (Å²) < 4.78 is 0. The Morgan fingerprint density at radius 1 is 0.875 bits per heavy atom. The van der Waals surface area contributed by atoms with Gasteiger partial charge in [0, 0.05) is 23.6 Å². The van der Waals surface area contributed by atoms with E-state index < -0.39 is 0 Å². The molecule has 0 aliphatic rings. The number of aromatic nitrogens is 1. The molecule has 3 aromatic rings.